The van der Waals surface area contributed by atoms with E-state index in [1.165, 1.54) is 7.11 Å². The van der Waals surface area contributed by atoms with Gasteiger partial charge in [-0.2, -0.15) is 0 Å². The fourth-order valence-corrected chi connectivity index (χ4v) is 0.919. The zero-order valence-corrected chi connectivity index (χ0v) is 7.30. The summed E-state index contributed by atoms with van der Waals surface area (Å²) in [6.45, 7) is 0. The van der Waals surface area contributed by atoms with Crippen molar-refractivity contribution < 1.29 is 14.6 Å². The van der Waals surface area contributed by atoms with Crippen molar-refractivity contribution in [2.75, 3.05) is 7.11 Å². The minimum atomic E-state index is -0.881. The molecule has 1 aromatic heterocycles. The van der Waals surface area contributed by atoms with Crippen molar-refractivity contribution in [2.24, 2.45) is 0 Å². The van der Waals surface area contributed by atoms with Crippen molar-refractivity contribution in [3.05, 3.63) is 30.1 Å². The minimum absolute atomic E-state index is 0.0620. The highest BCUT2D eigenvalue weighted by Gasteiger charge is 2.13. The maximum Gasteiger partial charge on any atom is 0.308 e. The molecular weight excluding hydrogens is 170 g/mol. The Bertz CT molecular complexity index is 273. The second kappa shape index (κ2) is 4.57. The SMILES string of the molecule is COC(=O)C[C@H](O)c1ccccn1. The third-order valence-electron chi connectivity index (χ3n) is 1.62. The monoisotopic (exact) mass is 181 g/mol. The van der Waals surface area contributed by atoms with Crippen LogP contribution in [0.5, 0.6) is 0 Å². The number of carbonyl (C=O) groups excluding carboxylic acids is 1. The average Bonchev–Trinajstić information content (AvgIpc) is 2.19. The number of pyridine rings is 1. The lowest BCUT2D eigenvalue weighted by atomic mass is 10.2. The van der Waals surface area contributed by atoms with E-state index in [1.54, 1.807) is 24.4 Å². The Balaban J connectivity index is 2.59. The van der Waals surface area contributed by atoms with Crippen LogP contribution in [-0.2, 0) is 9.53 Å². The van der Waals surface area contributed by atoms with E-state index in [2.05, 4.69) is 9.72 Å². The Hall–Kier alpha value is -1.42. The van der Waals surface area contributed by atoms with Crippen LogP contribution in [0.2, 0.25) is 0 Å². The molecule has 0 radical (unpaired) electrons. The molecule has 70 valence electrons. The summed E-state index contributed by atoms with van der Waals surface area (Å²) in [5.74, 6) is -0.446. The normalized spacial score (nSPS) is 12.2. The summed E-state index contributed by atoms with van der Waals surface area (Å²) in [5.41, 5.74) is 0.480. The molecule has 0 aliphatic carbocycles. The molecule has 1 atom stereocenters. The first-order chi connectivity index (χ1) is 6.24. The molecule has 1 heterocycles. The van der Waals surface area contributed by atoms with Crippen LogP contribution in [0, 0.1) is 0 Å². The quantitative estimate of drug-likeness (QED) is 0.696. The summed E-state index contributed by atoms with van der Waals surface area (Å²) in [6, 6.07) is 5.16. The number of esters is 1. The number of hydrogen-bond donors (Lipinski definition) is 1. The van der Waals surface area contributed by atoms with Crippen molar-refractivity contribution in [2.45, 2.75) is 12.5 Å². The van der Waals surface area contributed by atoms with E-state index in [4.69, 9.17) is 0 Å². The van der Waals surface area contributed by atoms with Gasteiger partial charge in [0.2, 0.25) is 0 Å². The largest absolute Gasteiger partial charge is 0.469 e. The highest BCUT2D eigenvalue weighted by Crippen LogP contribution is 2.13. The molecule has 0 aromatic carbocycles. The topological polar surface area (TPSA) is 59.4 Å². The van der Waals surface area contributed by atoms with Gasteiger partial charge in [-0.1, -0.05) is 6.07 Å². The molecule has 0 spiro atoms. The molecule has 1 rings (SSSR count). The first-order valence-corrected chi connectivity index (χ1v) is 3.90. The van der Waals surface area contributed by atoms with Crippen molar-refractivity contribution in [1.82, 2.24) is 4.98 Å². The van der Waals surface area contributed by atoms with Gasteiger partial charge < -0.3 is 9.84 Å². The number of methoxy groups -OCH3 is 1. The van der Waals surface area contributed by atoms with Crippen LogP contribution in [0.25, 0.3) is 0 Å². The van der Waals surface area contributed by atoms with Gasteiger partial charge in [-0.3, -0.25) is 9.78 Å². The molecule has 0 aliphatic heterocycles. The summed E-state index contributed by atoms with van der Waals surface area (Å²) < 4.78 is 4.42. The minimum Gasteiger partial charge on any atom is -0.469 e. The fraction of sp³-hybridized carbons (Fsp3) is 0.333. The first-order valence-electron chi connectivity index (χ1n) is 3.90. The Labute approximate surface area is 76.2 Å². The molecule has 0 fully saturated rings. The van der Waals surface area contributed by atoms with Gasteiger partial charge >= 0.3 is 5.97 Å². The second-order valence-corrected chi connectivity index (χ2v) is 2.55. The molecule has 13 heavy (non-hydrogen) atoms. The predicted octanol–water partition coefficient (Wildman–Crippen LogP) is 0.678. The van der Waals surface area contributed by atoms with Crippen molar-refractivity contribution in [3.63, 3.8) is 0 Å². The van der Waals surface area contributed by atoms with Gasteiger partial charge in [0.25, 0.3) is 0 Å². The number of carbonyl (C=O) groups is 1. The van der Waals surface area contributed by atoms with Gasteiger partial charge in [-0.25, -0.2) is 0 Å². The van der Waals surface area contributed by atoms with Crippen LogP contribution in [0.3, 0.4) is 0 Å². The third kappa shape index (κ3) is 2.83. The van der Waals surface area contributed by atoms with E-state index in [0.717, 1.165) is 0 Å². The zero-order chi connectivity index (χ0) is 9.68. The molecule has 4 nitrogen and oxygen atoms in total. The number of aliphatic hydroxyl groups excluding tert-OH is 1. The van der Waals surface area contributed by atoms with E-state index in [0.29, 0.717) is 5.69 Å². The lowest BCUT2D eigenvalue weighted by molar-refractivity contribution is -0.142. The van der Waals surface area contributed by atoms with Crippen molar-refractivity contribution in [3.8, 4) is 0 Å². The van der Waals surface area contributed by atoms with Crippen LogP contribution in [0.4, 0.5) is 0 Å². The molecule has 0 saturated heterocycles. The van der Waals surface area contributed by atoms with Crippen molar-refractivity contribution >= 4 is 5.97 Å². The summed E-state index contributed by atoms with van der Waals surface area (Å²) >= 11 is 0. The average molecular weight is 181 g/mol. The summed E-state index contributed by atoms with van der Waals surface area (Å²) in [4.78, 5) is 14.7. The molecule has 1 N–H and O–H groups in total. The maximum absolute atomic E-state index is 10.8. The summed E-state index contributed by atoms with van der Waals surface area (Å²) in [7, 11) is 1.29. The lowest BCUT2D eigenvalue weighted by Crippen LogP contribution is -2.08. The van der Waals surface area contributed by atoms with Gasteiger partial charge in [0, 0.05) is 6.20 Å². The number of rotatable bonds is 3. The van der Waals surface area contributed by atoms with E-state index in [-0.39, 0.29) is 6.42 Å². The number of nitrogens with zero attached hydrogens (tertiary/aromatic N) is 1. The second-order valence-electron chi connectivity index (χ2n) is 2.55. The third-order valence-corrected chi connectivity index (χ3v) is 1.62. The van der Waals surface area contributed by atoms with Gasteiger partial charge in [-0.15, -0.1) is 0 Å². The first kappa shape index (κ1) is 9.67. The molecule has 4 heteroatoms. The van der Waals surface area contributed by atoms with Crippen LogP contribution in [-0.4, -0.2) is 23.2 Å². The number of ether oxygens (including phenoxy) is 1. The number of hydrogen-bond acceptors (Lipinski definition) is 4. The highest BCUT2D eigenvalue weighted by atomic mass is 16.5. The smallest absolute Gasteiger partial charge is 0.308 e. The van der Waals surface area contributed by atoms with Gasteiger partial charge in [0.15, 0.2) is 0 Å². The van der Waals surface area contributed by atoms with E-state index in [9.17, 15) is 9.90 Å². The van der Waals surface area contributed by atoms with E-state index >= 15 is 0 Å². The standard InChI is InChI=1S/C9H11NO3/c1-13-9(12)6-8(11)7-4-2-3-5-10-7/h2-5,8,11H,6H2,1H3/t8-/m0/s1. The Kier molecular flexibility index (Phi) is 3.40. The molecule has 0 amide bonds. The van der Waals surface area contributed by atoms with Gasteiger partial charge in [-0.05, 0) is 12.1 Å². The lowest BCUT2D eigenvalue weighted by Gasteiger charge is -2.07. The summed E-state index contributed by atoms with van der Waals surface area (Å²) in [5, 5.41) is 9.46. The van der Waals surface area contributed by atoms with Crippen LogP contribution >= 0.6 is 0 Å². The van der Waals surface area contributed by atoms with E-state index < -0.39 is 12.1 Å². The Morgan fingerprint density at radius 3 is 3.00 bits per heavy atom. The highest BCUT2D eigenvalue weighted by molar-refractivity contribution is 5.69. The molecular formula is C9H11NO3. The molecule has 1 aromatic rings. The number of aromatic nitrogens is 1. The van der Waals surface area contributed by atoms with Crippen LogP contribution in [0.15, 0.2) is 24.4 Å². The molecule has 0 unspecified atom stereocenters. The van der Waals surface area contributed by atoms with Gasteiger partial charge in [0.05, 0.1) is 19.2 Å². The Morgan fingerprint density at radius 1 is 1.69 bits per heavy atom. The number of aliphatic hydroxyl groups is 1. The Morgan fingerprint density at radius 2 is 2.46 bits per heavy atom. The maximum atomic E-state index is 10.8. The summed E-state index contributed by atoms with van der Waals surface area (Å²) in [6.07, 6.45) is 0.622. The predicted molar refractivity (Wildman–Crippen MR) is 45.8 cm³/mol. The van der Waals surface area contributed by atoms with Crippen molar-refractivity contribution in [1.29, 1.82) is 0 Å². The van der Waals surface area contributed by atoms with Gasteiger partial charge in [0.1, 0.15) is 6.10 Å². The van der Waals surface area contributed by atoms with Crippen LogP contribution < -0.4 is 0 Å². The van der Waals surface area contributed by atoms with Crippen LogP contribution in [0.1, 0.15) is 18.2 Å². The zero-order valence-electron chi connectivity index (χ0n) is 7.30. The van der Waals surface area contributed by atoms with E-state index in [1.807, 2.05) is 0 Å². The molecule has 0 aliphatic rings. The fourth-order valence-electron chi connectivity index (χ4n) is 0.919. The molecule has 0 saturated carbocycles. The molecule has 0 bridgehead atoms.